The van der Waals surface area contributed by atoms with Crippen LogP contribution in [-0.4, -0.2) is 33.1 Å². The second-order valence-corrected chi connectivity index (χ2v) is 7.58. The van der Waals surface area contributed by atoms with Gasteiger partial charge in [-0.05, 0) is 56.2 Å². The molecule has 2 amide bonds. The molecule has 0 atom stereocenters. The number of fused-ring (bicyclic) bond motifs is 1. The lowest BCUT2D eigenvalue weighted by Crippen LogP contribution is -2.32. The highest BCUT2D eigenvalue weighted by atomic mass is 16.2. The normalized spacial score (nSPS) is 13.2. The van der Waals surface area contributed by atoms with Crippen LogP contribution in [0.2, 0.25) is 0 Å². The lowest BCUT2D eigenvalue weighted by atomic mass is 10.1. The predicted octanol–water partition coefficient (Wildman–Crippen LogP) is 3.35. The Bertz CT molecular complexity index is 1060. The average Bonchev–Trinajstić information content (AvgIpc) is 3.00. The van der Waals surface area contributed by atoms with Crippen LogP contribution in [0.25, 0.3) is 11.4 Å². The third-order valence-electron chi connectivity index (χ3n) is 5.23. The van der Waals surface area contributed by atoms with E-state index in [2.05, 4.69) is 25.4 Å². The van der Waals surface area contributed by atoms with E-state index in [0.29, 0.717) is 11.3 Å². The Morgan fingerprint density at radius 3 is 2.67 bits per heavy atom. The number of carbonyl (C=O) groups excluding carboxylic acids is 2. The van der Waals surface area contributed by atoms with Crippen molar-refractivity contribution in [2.45, 2.75) is 39.2 Å². The molecule has 0 unspecified atom stereocenters. The van der Waals surface area contributed by atoms with Crippen molar-refractivity contribution in [1.29, 1.82) is 0 Å². The third kappa shape index (κ3) is 4.56. The van der Waals surface area contributed by atoms with Crippen molar-refractivity contribution < 1.29 is 9.59 Å². The van der Waals surface area contributed by atoms with Crippen molar-refractivity contribution in [2.24, 2.45) is 0 Å². The zero-order chi connectivity index (χ0) is 20.9. The van der Waals surface area contributed by atoms with Crippen molar-refractivity contribution in [3.63, 3.8) is 0 Å². The topological polar surface area (TPSA) is 88.9 Å². The number of anilines is 1. The van der Waals surface area contributed by atoms with Crippen LogP contribution in [0.1, 0.15) is 41.0 Å². The number of aromatic nitrogens is 3. The van der Waals surface area contributed by atoms with Crippen molar-refractivity contribution >= 4 is 17.5 Å². The first-order valence-corrected chi connectivity index (χ1v) is 10.3. The molecule has 0 fully saturated rings. The highest BCUT2D eigenvalue weighted by Gasteiger charge is 2.16. The van der Waals surface area contributed by atoms with E-state index in [-0.39, 0.29) is 18.4 Å². The van der Waals surface area contributed by atoms with Crippen LogP contribution in [0.4, 0.5) is 5.69 Å². The minimum absolute atomic E-state index is 0.0911. The zero-order valence-electron chi connectivity index (χ0n) is 17.0. The van der Waals surface area contributed by atoms with Gasteiger partial charge < -0.3 is 15.2 Å². The number of nitrogens with one attached hydrogen (secondary N) is 2. The Labute approximate surface area is 175 Å². The fourth-order valence-electron chi connectivity index (χ4n) is 3.66. The Morgan fingerprint density at radius 1 is 1.03 bits per heavy atom. The van der Waals surface area contributed by atoms with Crippen LogP contribution < -0.4 is 10.6 Å². The van der Waals surface area contributed by atoms with Gasteiger partial charge >= 0.3 is 0 Å². The van der Waals surface area contributed by atoms with Gasteiger partial charge in [0.1, 0.15) is 5.82 Å². The van der Waals surface area contributed by atoms with Gasteiger partial charge in [0.15, 0.2) is 5.82 Å². The van der Waals surface area contributed by atoms with E-state index >= 15 is 0 Å². The van der Waals surface area contributed by atoms with Crippen LogP contribution in [0.15, 0.2) is 48.5 Å². The Morgan fingerprint density at radius 2 is 1.87 bits per heavy atom. The van der Waals surface area contributed by atoms with Crippen molar-refractivity contribution in [2.75, 3.05) is 11.9 Å². The Hall–Kier alpha value is -3.48. The molecule has 1 aliphatic heterocycles. The quantitative estimate of drug-likeness (QED) is 0.684. The molecule has 2 N–H and O–H groups in total. The summed E-state index contributed by atoms with van der Waals surface area (Å²) >= 11 is 0. The monoisotopic (exact) mass is 403 g/mol. The van der Waals surface area contributed by atoms with Gasteiger partial charge in [-0.1, -0.05) is 24.1 Å². The molecule has 154 valence electrons. The summed E-state index contributed by atoms with van der Waals surface area (Å²) < 4.78 is 2.20. The summed E-state index contributed by atoms with van der Waals surface area (Å²) in [4.78, 5) is 24.4. The molecule has 2 heterocycles. The second-order valence-electron chi connectivity index (χ2n) is 7.58. The number of nitrogens with zero attached hydrogens (tertiary/aromatic N) is 3. The van der Waals surface area contributed by atoms with E-state index < -0.39 is 0 Å². The van der Waals surface area contributed by atoms with E-state index in [4.69, 9.17) is 0 Å². The molecule has 2 aromatic carbocycles. The highest BCUT2D eigenvalue weighted by molar-refractivity contribution is 5.99. The van der Waals surface area contributed by atoms with Gasteiger partial charge in [0.25, 0.3) is 5.91 Å². The zero-order valence-corrected chi connectivity index (χ0v) is 17.0. The molecule has 4 rings (SSSR count). The van der Waals surface area contributed by atoms with Gasteiger partial charge in [0.2, 0.25) is 5.91 Å². The van der Waals surface area contributed by atoms with E-state index in [1.54, 1.807) is 12.1 Å². The first-order valence-electron chi connectivity index (χ1n) is 10.3. The molecule has 0 saturated heterocycles. The summed E-state index contributed by atoms with van der Waals surface area (Å²) in [5.74, 6) is 1.37. The maximum atomic E-state index is 12.2. The number of benzene rings is 2. The Balaban J connectivity index is 1.35. The van der Waals surface area contributed by atoms with E-state index in [1.807, 2.05) is 43.3 Å². The predicted molar refractivity (Wildman–Crippen MR) is 115 cm³/mol. The first-order chi connectivity index (χ1) is 14.6. The van der Waals surface area contributed by atoms with Crippen LogP contribution >= 0.6 is 0 Å². The lowest BCUT2D eigenvalue weighted by Gasteiger charge is -2.09. The molecule has 1 aromatic heterocycles. The molecule has 0 spiro atoms. The fraction of sp³-hybridized carbons (Fsp3) is 0.304. The van der Waals surface area contributed by atoms with Crippen LogP contribution in [0.3, 0.4) is 0 Å². The molecule has 0 saturated carbocycles. The van der Waals surface area contributed by atoms with Crippen LogP contribution in [0.5, 0.6) is 0 Å². The molecule has 1 aliphatic rings. The number of aryl methyl sites for hydroxylation is 2. The van der Waals surface area contributed by atoms with E-state index in [9.17, 15) is 9.59 Å². The Kier molecular flexibility index (Phi) is 5.88. The maximum Gasteiger partial charge on any atom is 0.251 e. The van der Waals surface area contributed by atoms with Gasteiger partial charge in [0, 0.05) is 29.8 Å². The highest BCUT2D eigenvalue weighted by Crippen LogP contribution is 2.23. The van der Waals surface area contributed by atoms with Gasteiger partial charge in [-0.2, -0.15) is 0 Å². The molecule has 3 aromatic rings. The largest absolute Gasteiger partial charge is 0.343 e. The van der Waals surface area contributed by atoms with Crippen LogP contribution in [0, 0.1) is 6.92 Å². The summed E-state index contributed by atoms with van der Waals surface area (Å²) in [7, 11) is 0. The molecule has 30 heavy (non-hydrogen) atoms. The molecule has 0 bridgehead atoms. The summed E-state index contributed by atoms with van der Waals surface area (Å²) in [6, 6.07) is 14.8. The minimum atomic E-state index is -0.278. The summed E-state index contributed by atoms with van der Waals surface area (Å²) in [5, 5.41) is 14.2. The van der Waals surface area contributed by atoms with Gasteiger partial charge in [-0.3, -0.25) is 9.59 Å². The second kappa shape index (κ2) is 8.90. The SMILES string of the molecule is Cc1cccc(C(=O)NCC(=O)Nc2ccc(-c3nnc4n3CCCCC4)cc2)c1. The van der Waals surface area contributed by atoms with Crippen molar-refractivity contribution in [3.05, 3.63) is 65.5 Å². The van der Waals surface area contributed by atoms with Gasteiger partial charge in [0.05, 0.1) is 6.54 Å². The number of hydrogen-bond acceptors (Lipinski definition) is 4. The summed E-state index contributed by atoms with van der Waals surface area (Å²) in [5.41, 5.74) is 3.18. The molecule has 0 aliphatic carbocycles. The summed E-state index contributed by atoms with van der Waals surface area (Å²) in [6.45, 7) is 2.77. The van der Waals surface area contributed by atoms with E-state index in [1.165, 1.54) is 6.42 Å². The number of amides is 2. The smallest absolute Gasteiger partial charge is 0.251 e. The van der Waals surface area contributed by atoms with E-state index in [0.717, 1.165) is 48.6 Å². The fourth-order valence-corrected chi connectivity index (χ4v) is 3.66. The molecule has 0 radical (unpaired) electrons. The van der Waals surface area contributed by atoms with Crippen molar-refractivity contribution in [1.82, 2.24) is 20.1 Å². The third-order valence-corrected chi connectivity index (χ3v) is 5.23. The molecule has 7 heteroatoms. The molecule has 7 nitrogen and oxygen atoms in total. The summed E-state index contributed by atoms with van der Waals surface area (Å²) in [6.07, 6.45) is 4.48. The first kappa shape index (κ1) is 19.8. The minimum Gasteiger partial charge on any atom is -0.343 e. The van der Waals surface area contributed by atoms with Crippen molar-refractivity contribution in [3.8, 4) is 11.4 Å². The average molecular weight is 403 g/mol. The lowest BCUT2D eigenvalue weighted by molar-refractivity contribution is -0.115. The molecular formula is C23H25N5O2. The standard InChI is InChI=1S/C23H25N5O2/c1-16-6-5-7-18(14-16)23(30)24-15-21(29)25-19-11-9-17(10-12-19)22-27-26-20-8-3-2-4-13-28(20)22/h5-7,9-12,14H,2-4,8,13,15H2,1H3,(H,24,30)(H,25,29). The number of rotatable bonds is 5. The molecular weight excluding hydrogens is 378 g/mol. The van der Waals surface area contributed by atoms with Gasteiger partial charge in [-0.25, -0.2) is 0 Å². The van der Waals surface area contributed by atoms with Gasteiger partial charge in [-0.15, -0.1) is 10.2 Å². The number of carbonyl (C=O) groups is 2. The van der Waals surface area contributed by atoms with Crippen LogP contribution in [-0.2, 0) is 17.8 Å². The maximum absolute atomic E-state index is 12.2. The number of hydrogen-bond donors (Lipinski definition) is 2.